The minimum absolute atomic E-state index is 0.106. The van der Waals surface area contributed by atoms with Crippen LogP contribution in [0.15, 0.2) is 18.2 Å². The molecule has 0 aliphatic rings. The molecule has 0 heterocycles. The molecular formula is C12H17NOS. The van der Waals surface area contributed by atoms with Gasteiger partial charge in [0.1, 0.15) is 0 Å². The van der Waals surface area contributed by atoms with Gasteiger partial charge in [-0.05, 0) is 42.9 Å². The molecule has 0 saturated carbocycles. The van der Waals surface area contributed by atoms with Crippen molar-refractivity contribution in [3.05, 3.63) is 29.3 Å². The lowest BCUT2D eigenvalue weighted by Gasteiger charge is -2.18. The van der Waals surface area contributed by atoms with Gasteiger partial charge in [-0.15, -0.1) is 0 Å². The number of rotatable bonds is 3. The first-order chi connectivity index (χ1) is 7.04. The number of hydrogen-bond acceptors (Lipinski definition) is 2. The van der Waals surface area contributed by atoms with Crippen molar-refractivity contribution in [3.8, 4) is 0 Å². The summed E-state index contributed by atoms with van der Waals surface area (Å²) in [5.74, 6) is 0.698. The van der Waals surface area contributed by atoms with Crippen LogP contribution in [0.5, 0.6) is 0 Å². The maximum atomic E-state index is 11.6. The van der Waals surface area contributed by atoms with E-state index in [-0.39, 0.29) is 5.91 Å². The molecule has 82 valence electrons. The van der Waals surface area contributed by atoms with Crippen LogP contribution >= 0.6 is 12.6 Å². The molecular weight excluding hydrogens is 206 g/mol. The number of aryl methyl sites for hydroxylation is 2. The summed E-state index contributed by atoms with van der Waals surface area (Å²) in [6.07, 6.45) is 0.479. The lowest BCUT2D eigenvalue weighted by atomic mass is 10.1. The van der Waals surface area contributed by atoms with E-state index in [1.54, 1.807) is 11.9 Å². The number of nitrogens with zero attached hydrogens (tertiary/aromatic N) is 1. The quantitative estimate of drug-likeness (QED) is 0.781. The average molecular weight is 223 g/mol. The summed E-state index contributed by atoms with van der Waals surface area (Å²) in [6.45, 7) is 4.07. The molecule has 0 bridgehead atoms. The smallest absolute Gasteiger partial charge is 0.227 e. The Hall–Kier alpha value is -0.960. The van der Waals surface area contributed by atoms with Crippen molar-refractivity contribution in [2.75, 3.05) is 17.7 Å². The molecule has 0 spiro atoms. The fourth-order valence-corrected chi connectivity index (χ4v) is 1.74. The second-order valence-corrected chi connectivity index (χ2v) is 4.22. The fraction of sp³-hybridized carbons (Fsp3) is 0.417. The molecule has 0 aliphatic carbocycles. The molecule has 0 aromatic heterocycles. The Labute approximate surface area is 96.7 Å². The molecule has 0 radical (unpaired) electrons. The largest absolute Gasteiger partial charge is 0.315 e. The van der Waals surface area contributed by atoms with Crippen LogP contribution < -0.4 is 4.90 Å². The van der Waals surface area contributed by atoms with Gasteiger partial charge in [0.15, 0.2) is 0 Å². The third-order valence-electron chi connectivity index (χ3n) is 2.29. The minimum Gasteiger partial charge on any atom is -0.315 e. The summed E-state index contributed by atoms with van der Waals surface area (Å²) in [4.78, 5) is 13.3. The minimum atomic E-state index is 0.106. The molecule has 0 atom stereocenters. The Morgan fingerprint density at radius 1 is 1.27 bits per heavy atom. The van der Waals surface area contributed by atoms with Crippen molar-refractivity contribution >= 4 is 24.2 Å². The average Bonchev–Trinajstić information content (AvgIpc) is 2.15. The molecule has 1 rings (SSSR count). The predicted octanol–water partition coefficient (Wildman–Crippen LogP) is 2.59. The molecule has 0 saturated heterocycles. The normalized spacial score (nSPS) is 10.1. The maximum Gasteiger partial charge on any atom is 0.227 e. The van der Waals surface area contributed by atoms with E-state index < -0.39 is 0 Å². The second-order valence-electron chi connectivity index (χ2n) is 3.77. The van der Waals surface area contributed by atoms with Crippen LogP contribution in [-0.2, 0) is 4.79 Å². The molecule has 0 aliphatic heterocycles. The maximum absolute atomic E-state index is 11.6. The van der Waals surface area contributed by atoms with E-state index in [1.807, 2.05) is 26.0 Å². The lowest BCUT2D eigenvalue weighted by Crippen LogP contribution is -2.26. The predicted molar refractivity (Wildman–Crippen MR) is 67.8 cm³/mol. The first-order valence-electron chi connectivity index (χ1n) is 5.00. The number of thiol groups is 1. The van der Waals surface area contributed by atoms with Crippen LogP contribution in [0.25, 0.3) is 0 Å². The molecule has 0 N–H and O–H groups in total. The number of carbonyl (C=O) groups excluding carboxylic acids is 1. The van der Waals surface area contributed by atoms with Crippen molar-refractivity contribution < 1.29 is 4.79 Å². The van der Waals surface area contributed by atoms with E-state index in [0.29, 0.717) is 12.2 Å². The first-order valence-corrected chi connectivity index (χ1v) is 5.63. The van der Waals surface area contributed by atoms with Crippen LogP contribution in [0.4, 0.5) is 5.69 Å². The van der Waals surface area contributed by atoms with Gasteiger partial charge >= 0.3 is 0 Å². The molecule has 1 amide bonds. The van der Waals surface area contributed by atoms with Crippen molar-refractivity contribution in [2.45, 2.75) is 20.3 Å². The summed E-state index contributed by atoms with van der Waals surface area (Å²) >= 11 is 4.06. The third-order valence-corrected chi connectivity index (χ3v) is 2.52. The zero-order valence-electron chi connectivity index (χ0n) is 9.45. The number of anilines is 1. The highest BCUT2D eigenvalue weighted by Crippen LogP contribution is 2.18. The lowest BCUT2D eigenvalue weighted by molar-refractivity contribution is -0.117. The summed E-state index contributed by atoms with van der Waals surface area (Å²) in [6, 6.07) is 6.13. The zero-order chi connectivity index (χ0) is 11.4. The number of carbonyl (C=O) groups is 1. The van der Waals surface area contributed by atoms with Crippen molar-refractivity contribution in [1.82, 2.24) is 0 Å². The van der Waals surface area contributed by atoms with Gasteiger partial charge in [0.05, 0.1) is 0 Å². The monoisotopic (exact) mass is 223 g/mol. The Morgan fingerprint density at radius 2 is 1.80 bits per heavy atom. The van der Waals surface area contributed by atoms with E-state index in [2.05, 4.69) is 18.7 Å². The summed E-state index contributed by atoms with van der Waals surface area (Å²) in [7, 11) is 1.81. The SMILES string of the molecule is Cc1cc(C)cc(N(C)C(=O)CCS)c1. The van der Waals surface area contributed by atoms with Gasteiger partial charge in [-0.3, -0.25) is 4.79 Å². The topological polar surface area (TPSA) is 20.3 Å². The molecule has 15 heavy (non-hydrogen) atoms. The summed E-state index contributed by atoms with van der Waals surface area (Å²) in [5, 5.41) is 0. The Morgan fingerprint density at radius 3 is 2.27 bits per heavy atom. The zero-order valence-corrected chi connectivity index (χ0v) is 10.3. The van der Waals surface area contributed by atoms with Crippen molar-refractivity contribution in [1.29, 1.82) is 0 Å². The van der Waals surface area contributed by atoms with E-state index >= 15 is 0 Å². The van der Waals surface area contributed by atoms with Gasteiger partial charge in [-0.25, -0.2) is 0 Å². The molecule has 0 unspecified atom stereocenters. The number of hydrogen-bond donors (Lipinski definition) is 1. The van der Waals surface area contributed by atoms with E-state index in [0.717, 1.165) is 5.69 Å². The summed E-state index contributed by atoms with van der Waals surface area (Å²) < 4.78 is 0. The highest BCUT2D eigenvalue weighted by atomic mass is 32.1. The van der Waals surface area contributed by atoms with Gasteiger partial charge in [-0.2, -0.15) is 12.6 Å². The van der Waals surface area contributed by atoms with Crippen LogP contribution in [-0.4, -0.2) is 18.7 Å². The third kappa shape index (κ3) is 3.27. The van der Waals surface area contributed by atoms with Crippen LogP contribution in [0.2, 0.25) is 0 Å². The molecule has 3 heteroatoms. The molecule has 0 fully saturated rings. The van der Waals surface area contributed by atoms with Gasteiger partial charge < -0.3 is 4.90 Å². The standard InChI is InChI=1S/C12H17NOS/c1-9-6-10(2)8-11(7-9)13(3)12(14)4-5-15/h6-8,15H,4-5H2,1-3H3. The van der Waals surface area contributed by atoms with Crippen LogP contribution in [0, 0.1) is 13.8 Å². The highest BCUT2D eigenvalue weighted by Gasteiger charge is 2.10. The van der Waals surface area contributed by atoms with Crippen LogP contribution in [0.3, 0.4) is 0 Å². The van der Waals surface area contributed by atoms with Gasteiger partial charge in [-0.1, -0.05) is 6.07 Å². The molecule has 1 aromatic carbocycles. The van der Waals surface area contributed by atoms with Gasteiger partial charge in [0, 0.05) is 19.2 Å². The van der Waals surface area contributed by atoms with Crippen LogP contribution in [0.1, 0.15) is 17.5 Å². The Kier molecular flexibility index (Phi) is 4.21. The Balaban J connectivity index is 2.90. The molecule has 2 nitrogen and oxygen atoms in total. The van der Waals surface area contributed by atoms with E-state index in [1.165, 1.54) is 11.1 Å². The summed E-state index contributed by atoms with van der Waals surface area (Å²) in [5.41, 5.74) is 3.31. The van der Waals surface area contributed by atoms with Crippen molar-refractivity contribution in [2.24, 2.45) is 0 Å². The number of benzene rings is 1. The van der Waals surface area contributed by atoms with Gasteiger partial charge in [0.2, 0.25) is 5.91 Å². The van der Waals surface area contributed by atoms with Gasteiger partial charge in [0.25, 0.3) is 0 Å². The molecule has 1 aromatic rings. The van der Waals surface area contributed by atoms with E-state index in [9.17, 15) is 4.79 Å². The highest BCUT2D eigenvalue weighted by molar-refractivity contribution is 7.80. The number of amides is 1. The van der Waals surface area contributed by atoms with E-state index in [4.69, 9.17) is 0 Å². The Bertz CT molecular complexity index is 342. The second kappa shape index (κ2) is 5.21. The first kappa shape index (κ1) is 12.1. The van der Waals surface area contributed by atoms with Crippen molar-refractivity contribution in [3.63, 3.8) is 0 Å². The fourth-order valence-electron chi connectivity index (χ4n) is 1.55.